The lowest BCUT2D eigenvalue weighted by molar-refractivity contribution is 0.108. The van der Waals surface area contributed by atoms with Gasteiger partial charge in [-0.25, -0.2) is 4.98 Å². The standard InChI is InChI=1S/C10H16N2O2/c1-2-13-6-7-14-10-5-3-4-9(8-11)12-10/h3-5H,2,6-8,11H2,1H3. The average Bonchev–Trinajstić information content (AvgIpc) is 2.25. The molecule has 0 atom stereocenters. The summed E-state index contributed by atoms with van der Waals surface area (Å²) in [5.41, 5.74) is 6.28. The van der Waals surface area contributed by atoms with Gasteiger partial charge >= 0.3 is 0 Å². The van der Waals surface area contributed by atoms with E-state index in [0.717, 1.165) is 5.69 Å². The van der Waals surface area contributed by atoms with Crippen LogP contribution in [0.4, 0.5) is 0 Å². The Morgan fingerprint density at radius 3 is 2.93 bits per heavy atom. The molecule has 1 heterocycles. The van der Waals surface area contributed by atoms with Crippen LogP contribution in [0.15, 0.2) is 18.2 Å². The molecule has 0 aromatic carbocycles. The lowest BCUT2D eigenvalue weighted by Gasteiger charge is -2.05. The first-order valence-corrected chi connectivity index (χ1v) is 4.73. The number of aromatic nitrogens is 1. The number of hydrogen-bond acceptors (Lipinski definition) is 4. The van der Waals surface area contributed by atoms with Crippen LogP contribution in [-0.2, 0) is 11.3 Å². The molecule has 1 aromatic rings. The maximum atomic E-state index is 5.45. The van der Waals surface area contributed by atoms with Crippen molar-refractivity contribution < 1.29 is 9.47 Å². The molecule has 0 fully saturated rings. The highest BCUT2D eigenvalue weighted by Gasteiger charge is 1.96. The second-order valence-corrected chi connectivity index (χ2v) is 2.72. The van der Waals surface area contributed by atoms with Crippen LogP contribution in [0.2, 0.25) is 0 Å². The molecule has 0 bridgehead atoms. The molecule has 2 N–H and O–H groups in total. The summed E-state index contributed by atoms with van der Waals surface area (Å²) in [4.78, 5) is 4.19. The summed E-state index contributed by atoms with van der Waals surface area (Å²) >= 11 is 0. The third-order valence-corrected chi connectivity index (χ3v) is 1.67. The summed E-state index contributed by atoms with van der Waals surface area (Å²) in [6, 6.07) is 5.56. The highest BCUT2D eigenvalue weighted by Crippen LogP contribution is 2.06. The fourth-order valence-corrected chi connectivity index (χ4v) is 1.00. The second kappa shape index (κ2) is 6.34. The highest BCUT2D eigenvalue weighted by molar-refractivity contribution is 5.15. The van der Waals surface area contributed by atoms with Gasteiger partial charge in [-0.15, -0.1) is 0 Å². The van der Waals surface area contributed by atoms with Gasteiger partial charge in [-0.2, -0.15) is 0 Å². The number of ether oxygens (including phenoxy) is 2. The van der Waals surface area contributed by atoms with Crippen LogP contribution in [0.1, 0.15) is 12.6 Å². The minimum absolute atomic E-state index is 0.433. The monoisotopic (exact) mass is 196 g/mol. The Kier molecular flexibility index (Phi) is 4.96. The van der Waals surface area contributed by atoms with E-state index in [1.807, 2.05) is 25.1 Å². The third kappa shape index (κ3) is 3.72. The molecule has 0 aliphatic heterocycles. The minimum atomic E-state index is 0.433. The average molecular weight is 196 g/mol. The Bertz CT molecular complexity index is 266. The number of rotatable bonds is 6. The van der Waals surface area contributed by atoms with Crippen molar-refractivity contribution in [3.05, 3.63) is 23.9 Å². The molecule has 0 saturated carbocycles. The van der Waals surface area contributed by atoms with Gasteiger partial charge in [-0.1, -0.05) is 6.07 Å². The first kappa shape index (κ1) is 10.9. The van der Waals surface area contributed by atoms with Crippen molar-refractivity contribution in [3.63, 3.8) is 0 Å². The van der Waals surface area contributed by atoms with E-state index < -0.39 is 0 Å². The van der Waals surface area contributed by atoms with E-state index in [-0.39, 0.29) is 0 Å². The van der Waals surface area contributed by atoms with Crippen molar-refractivity contribution in [1.29, 1.82) is 0 Å². The molecule has 0 aliphatic rings. The molecule has 1 rings (SSSR count). The van der Waals surface area contributed by atoms with Gasteiger partial charge in [0.05, 0.1) is 12.3 Å². The van der Waals surface area contributed by atoms with E-state index in [0.29, 0.717) is 32.2 Å². The maximum absolute atomic E-state index is 5.45. The van der Waals surface area contributed by atoms with E-state index >= 15 is 0 Å². The summed E-state index contributed by atoms with van der Waals surface area (Å²) in [7, 11) is 0. The molecular formula is C10H16N2O2. The van der Waals surface area contributed by atoms with E-state index in [1.54, 1.807) is 0 Å². The Labute approximate surface area is 84.0 Å². The molecule has 4 heteroatoms. The summed E-state index contributed by atoms with van der Waals surface area (Å²) in [5.74, 6) is 0.604. The van der Waals surface area contributed by atoms with Gasteiger partial charge in [0.2, 0.25) is 5.88 Å². The van der Waals surface area contributed by atoms with Gasteiger partial charge in [-0.3, -0.25) is 0 Å². The first-order valence-electron chi connectivity index (χ1n) is 4.73. The fourth-order valence-electron chi connectivity index (χ4n) is 1.00. The number of hydrogen-bond donors (Lipinski definition) is 1. The van der Waals surface area contributed by atoms with Crippen molar-refractivity contribution in [1.82, 2.24) is 4.98 Å². The first-order chi connectivity index (χ1) is 6.86. The van der Waals surface area contributed by atoms with E-state index in [1.165, 1.54) is 0 Å². The Balaban J connectivity index is 2.34. The molecular weight excluding hydrogens is 180 g/mol. The molecule has 0 unspecified atom stereocenters. The molecule has 0 radical (unpaired) electrons. The summed E-state index contributed by atoms with van der Waals surface area (Å²) in [6.07, 6.45) is 0. The number of nitrogens with two attached hydrogens (primary N) is 1. The molecule has 14 heavy (non-hydrogen) atoms. The SMILES string of the molecule is CCOCCOc1cccc(CN)n1. The highest BCUT2D eigenvalue weighted by atomic mass is 16.5. The normalized spacial score (nSPS) is 10.1. The second-order valence-electron chi connectivity index (χ2n) is 2.72. The molecule has 78 valence electrons. The molecule has 0 amide bonds. The van der Waals surface area contributed by atoms with Gasteiger partial charge in [0.15, 0.2) is 0 Å². The zero-order valence-electron chi connectivity index (χ0n) is 8.40. The minimum Gasteiger partial charge on any atom is -0.475 e. The number of pyridine rings is 1. The van der Waals surface area contributed by atoms with Crippen molar-refractivity contribution in [3.8, 4) is 5.88 Å². The Morgan fingerprint density at radius 1 is 1.36 bits per heavy atom. The summed E-state index contributed by atoms with van der Waals surface area (Å²) in [5, 5.41) is 0. The fraction of sp³-hybridized carbons (Fsp3) is 0.500. The Hall–Kier alpha value is -1.13. The lowest BCUT2D eigenvalue weighted by Crippen LogP contribution is -2.08. The van der Waals surface area contributed by atoms with Gasteiger partial charge in [0, 0.05) is 19.2 Å². The van der Waals surface area contributed by atoms with Crippen LogP contribution in [0, 0.1) is 0 Å². The van der Waals surface area contributed by atoms with Crippen molar-refractivity contribution in [2.45, 2.75) is 13.5 Å². The van der Waals surface area contributed by atoms with Crippen molar-refractivity contribution >= 4 is 0 Å². The van der Waals surface area contributed by atoms with Gasteiger partial charge in [0.1, 0.15) is 6.61 Å². The smallest absolute Gasteiger partial charge is 0.213 e. The van der Waals surface area contributed by atoms with E-state index in [9.17, 15) is 0 Å². The third-order valence-electron chi connectivity index (χ3n) is 1.67. The van der Waals surface area contributed by atoms with Crippen LogP contribution in [0.3, 0.4) is 0 Å². The van der Waals surface area contributed by atoms with E-state index in [2.05, 4.69) is 4.98 Å². The predicted octanol–water partition coefficient (Wildman–Crippen LogP) is 0.956. The zero-order chi connectivity index (χ0) is 10.2. The summed E-state index contributed by atoms with van der Waals surface area (Å²) in [6.45, 7) is 4.20. The van der Waals surface area contributed by atoms with Crippen LogP contribution >= 0.6 is 0 Å². The lowest BCUT2D eigenvalue weighted by atomic mass is 10.3. The maximum Gasteiger partial charge on any atom is 0.213 e. The summed E-state index contributed by atoms with van der Waals surface area (Å²) < 4.78 is 10.5. The van der Waals surface area contributed by atoms with Gasteiger partial charge in [-0.05, 0) is 13.0 Å². The predicted molar refractivity (Wildman–Crippen MR) is 54.1 cm³/mol. The van der Waals surface area contributed by atoms with Crippen molar-refractivity contribution in [2.75, 3.05) is 19.8 Å². The zero-order valence-corrected chi connectivity index (χ0v) is 8.40. The van der Waals surface area contributed by atoms with Crippen LogP contribution in [0.25, 0.3) is 0 Å². The van der Waals surface area contributed by atoms with Gasteiger partial charge in [0.25, 0.3) is 0 Å². The topological polar surface area (TPSA) is 57.4 Å². The quantitative estimate of drug-likeness (QED) is 0.688. The Morgan fingerprint density at radius 2 is 2.21 bits per heavy atom. The molecule has 0 aliphatic carbocycles. The molecule has 4 nitrogen and oxygen atoms in total. The van der Waals surface area contributed by atoms with E-state index in [4.69, 9.17) is 15.2 Å². The molecule has 0 spiro atoms. The van der Waals surface area contributed by atoms with Crippen molar-refractivity contribution in [2.24, 2.45) is 5.73 Å². The van der Waals surface area contributed by atoms with Crippen LogP contribution in [-0.4, -0.2) is 24.8 Å². The largest absolute Gasteiger partial charge is 0.475 e. The number of nitrogens with zero attached hydrogens (tertiary/aromatic N) is 1. The van der Waals surface area contributed by atoms with Gasteiger partial charge < -0.3 is 15.2 Å². The molecule has 0 saturated heterocycles. The van der Waals surface area contributed by atoms with Crippen LogP contribution in [0.5, 0.6) is 5.88 Å². The van der Waals surface area contributed by atoms with Crippen LogP contribution < -0.4 is 10.5 Å². The molecule has 1 aromatic heterocycles.